The van der Waals surface area contributed by atoms with Crippen molar-refractivity contribution in [2.75, 3.05) is 11.9 Å². The van der Waals surface area contributed by atoms with E-state index in [2.05, 4.69) is 15.5 Å². The Morgan fingerprint density at radius 1 is 1.24 bits per heavy atom. The van der Waals surface area contributed by atoms with Crippen LogP contribution >= 0.6 is 0 Å². The molecular formula is C23H21F4N7O3. The van der Waals surface area contributed by atoms with E-state index >= 15 is 4.39 Å². The van der Waals surface area contributed by atoms with Crippen LogP contribution in [0.25, 0.3) is 16.6 Å². The highest BCUT2D eigenvalue weighted by Crippen LogP contribution is 2.39. The summed E-state index contributed by atoms with van der Waals surface area (Å²) in [5.41, 5.74) is 0.0163. The molecule has 0 saturated heterocycles. The number of hydrogen-bond donors (Lipinski definition) is 2. The van der Waals surface area contributed by atoms with Gasteiger partial charge in [-0.1, -0.05) is 0 Å². The van der Waals surface area contributed by atoms with Gasteiger partial charge in [0.25, 0.3) is 0 Å². The van der Waals surface area contributed by atoms with Gasteiger partial charge in [-0.05, 0) is 37.6 Å². The number of anilines is 2. The van der Waals surface area contributed by atoms with Crippen LogP contribution in [-0.4, -0.2) is 42.0 Å². The molecule has 2 aromatic heterocycles. The molecule has 0 fully saturated rings. The Labute approximate surface area is 206 Å². The first-order chi connectivity index (χ1) is 17.5. The number of alkyl halides is 3. The molecule has 0 unspecified atom stereocenters. The average Bonchev–Trinajstić information content (AvgIpc) is 3.35. The van der Waals surface area contributed by atoms with Crippen LogP contribution in [0, 0.1) is 24.1 Å². The number of benzene rings is 2. The number of rotatable bonds is 7. The summed E-state index contributed by atoms with van der Waals surface area (Å²) in [4.78, 5) is 12.8. The predicted molar refractivity (Wildman–Crippen MR) is 124 cm³/mol. The van der Waals surface area contributed by atoms with Gasteiger partial charge in [0.1, 0.15) is 23.6 Å². The van der Waals surface area contributed by atoms with Gasteiger partial charge >= 0.3 is 11.9 Å². The second kappa shape index (κ2) is 9.58. The van der Waals surface area contributed by atoms with Crippen LogP contribution < -0.4 is 15.7 Å². The molecular weight excluding hydrogens is 498 g/mol. The minimum Gasteiger partial charge on any atom is -0.483 e. The third-order valence-corrected chi connectivity index (χ3v) is 5.62. The quantitative estimate of drug-likeness (QED) is 0.359. The lowest BCUT2D eigenvalue weighted by Gasteiger charge is -2.14. The van der Waals surface area contributed by atoms with Gasteiger partial charge in [-0.25, -0.2) is 9.18 Å². The zero-order valence-corrected chi connectivity index (χ0v) is 19.9. The number of aliphatic hydroxyl groups is 1. The number of nitriles is 1. The lowest BCUT2D eigenvalue weighted by atomic mass is 10.1. The summed E-state index contributed by atoms with van der Waals surface area (Å²) in [6.45, 7) is 1.16. The molecule has 194 valence electrons. The first-order valence-electron chi connectivity index (χ1n) is 11.0. The number of nitrogens with zero attached hydrogens (tertiary/aromatic N) is 6. The molecule has 14 heteroatoms. The Morgan fingerprint density at radius 3 is 2.54 bits per heavy atom. The number of fused-ring (bicyclic) bond motifs is 1. The Morgan fingerprint density at radius 2 is 1.97 bits per heavy atom. The molecule has 37 heavy (non-hydrogen) atoms. The third-order valence-electron chi connectivity index (χ3n) is 5.62. The van der Waals surface area contributed by atoms with Crippen LogP contribution in [0.4, 0.5) is 29.1 Å². The van der Waals surface area contributed by atoms with Crippen molar-refractivity contribution in [2.24, 2.45) is 7.05 Å². The summed E-state index contributed by atoms with van der Waals surface area (Å²) in [7, 11) is 1.38. The van der Waals surface area contributed by atoms with Gasteiger partial charge < -0.3 is 15.2 Å². The van der Waals surface area contributed by atoms with Crippen molar-refractivity contribution in [3.63, 3.8) is 0 Å². The molecule has 4 aromatic rings. The van der Waals surface area contributed by atoms with Crippen LogP contribution in [0.1, 0.15) is 23.9 Å². The van der Waals surface area contributed by atoms with Gasteiger partial charge in [-0.2, -0.15) is 28.2 Å². The van der Waals surface area contributed by atoms with Gasteiger partial charge in [0.2, 0.25) is 0 Å². The van der Waals surface area contributed by atoms with Crippen molar-refractivity contribution in [2.45, 2.75) is 33.2 Å². The SMILES string of the molecule is CCn1c(CO)nn(-c2cc(OCC(F)(F)F)c3c(Nc4ccc(C#N)cc4C)nn(C)c3c2F)c1=O. The summed E-state index contributed by atoms with van der Waals surface area (Å²) in [6.07, 6.45) is -4.70. The smallest absolute Gasteiger partial charge is 0.422 e. The van der Waals surface area contributed by atoms with Crippen molar-refractivity contribution in [3.05, 3.63) is 57.5 Å². The summed E-state index contributed by atoms with van der Waals surface area (Å²) >= 11 is 0. The van der Waals surface area contributed by atoms with E-state index in [-0.39, 0.29) is 29.1 Å². The van der Waals surface area contributed by atoms with E-state index in [4.69, 9.17) is 10.00 Å². The molecule has 0 spiro atoms. The number of aryl methyl sites for hydroxylation is 2. The van der Waals surface area contributed by atoms with E-state index in [1.54, 1.807) is 26.0 Å². The molecule has 2 N–H and O–H groups in total. The van der Waals surface area contributed by atoms with E-state index in [1.165, 1.54) is 13.1 Å². The molecule has 0 aliphatic rings. The average molecular weight is 519 g/mol. The van der Waals surface area contributed by atoms with Gasteiger partial charge in [-0.15, -0.1) is 5.10 Å². The maximum Gasteiger partial charge on any atom is 0.422 e. The van der Waals surface area contributed by atoms with E-state index in [1.807, 2.05) is 6.07 Å². The largest absolute Gasteiger partial charge is 0.483 e. The molecule has 0 aliphatic carbocycles. The molecule has 0 atom stereocenters. The van der Waals surface area contributed by atoms with Crippen molar-refractivity contribution in [1.29, 1.82) is 5.26 Å². The summed E-state index contributed by atoms with van der Waals surface area (Å²) in [5.74, 6) is -1.43. The molecule has 4 rings (SSSR count). The highest BCUT2D eigenvalue weighted by Gasteiger charge is 2.31. The highest BCUT2D eigenvalue weighted by molar-refractivity contribution is 5.99. The molecule has 0 radical (unpaired) electrons. The van der Waals surface area contributed by atoms with Crippen LogP contribution in [0.2, 0.25) is 0 Å². The predicted octanol–water partition coefficient (Wildman–Crippen LogP) is 3.44. The topological polar surface area (TPSA) is 123 Å². The zero-order valence-electron chi connectivity index (χ0n) is 19.9. The molecule has 10 nitrogen and oxygen atoms in total. The summed E-state index contributed by atoms with van der Waals surface area (Å²) < 4.78 is 63.0. The van der Waals surface area contributed by atoms with Crippen molar-refractivity contribution < 1.29 is 27.4 Å². The fourth-order valence-corrected chi connectivity index (χ4v) is 3.93. The fraction of sp³-hybridized carbons (Fsp3) is 0.304. The Balaban J connectivity index is 1.95. The molecule has 0 bridgehead atoms. The maximum absolute atomic E-state index is 15.9. The zero-order chi connectivity index (χ0) is 27.1. The molecule has 0 aliphatic heterocycles. The number of nitrogens with one attached hydrogen (secondary N) is 1. The van der Waals surface area contributed by atoms with Gasteiger partial charge in [0.15, 0.2) is 24.1 Å². The van der Waals surface area contributed by atoms with Crippen LogP contribution in [0.15, 0.2) is 29.1 Å². The molecule has 0 saturated carbocycles. The minimum absolute atomic E-state index is 0.00425. The van der Waals surface area contributed by atoms with Crippen molar-refractivity contribution in [1.82, 2.24) is 24.1 Å². The number of aliphatic hydroxyl groups excluding tert-OH is 1. The van der Waals surface area contributed by atoms with E-state index in [0.29, 0.717) is 21.5 Å². The highest BCUT2D eigenvalue weighted by atomic mass is 19.4. The number of hydrogen-bond acceptors (Lipinski definition) is 7. The first-order valence-corrected chi connectivity index (χ1v) is 11.0. The van der Waals surface area contributed by atoms with E-state index < -0.39 is 42.3 Å². The Bertz CT molecular complexity index is 1600. The minimum atomic E-state index is -4.70. The summed E-state index contributed by atoms with van der Waals surface area (Å²) in [5, 5.41) is 29.7. The fourth-order valence-electron chi connectivity index (χ4n) is 3.93. The van der Waals surface area contributed by atoms with Crippen LogP contribution in [-0.2, 0) is 20.2 Å². The van der Waals surface area contributed by atoms with Gasteiger partial charge in [0, 0.05) is 25.3 Å². The standard InChI is InChI=1S/C23H21F4N7O3/c1-4-33-17(10-35)30-34(22(33)36)15-8-16(37-11-23(25,26)27)18-20(19(15)24)32(3)31-21(18)29-14-6-5-13(9-28)7-12(14)2/h5-8,35H,4,10-11H2,1-3H3,(H,29,31). The Hall–Kier alpha value is -4.38. The number of ether oxygens (including phenoxy) is 1. The molecule has 2 heterocycles. The second-order valence-corrected chi connectivity index (χ2v) is 8.09. The lowest BCUT2D eigenvalue weighted by molar-refractivity contribution is -0.153. The van der Waals surface area contributed by atoms with Crippen molar-refractivity contribution >= 4 is 22.4 Å². The lowest BCUT2D eigenvalue weighted by Crippen LogP contribution is -2.25. The van der Waals surface area contributed by atoms with E-state index in [9.17, 15) is 23.1 Å². The monoisotopic (exact) mass is 519 g/mol. The first kappa shape index (κ1) is 25.7. The maximum atomic E-state index is 15.9. The summed E-state index contributed by atoms with van der Waals surface area (Å²) in [6, 6.07) is 7.67. The van der Waals surface area contributed by atoms with E-state index in [0.717, 1.165) is 15.3 Å². The second-order valence-electron chi connectivity index (χ2n) is 8.09. The van der Waals surface area contributed by atoms with Crippen LogP contribution in [0.3, 0.4) is 0 Å². The molecule has 2 aromatic carbocycles. The normalized spacial score (nSPS) is 11.6. The van der Waals surface area contributed by atoms with Crippen molar-refractivity contribution in [3.8, 4) is 17.5 Å². The van der Waals surface area contributed by atoms with Crippen LogP contribution in [0.5, 0.6) is 5.75 Å². The Kier molecular flexibility index (Phi) is 6.66. The third kappa shape index (κ3) is 4.73. The van der Waals surface area contributed by atoms with Gasteiger partial charge in [-0.3, -0.25) is 9.25 Å². The number of aromatic nitrogens is 5. The van der Waals surface area contributed by atoms with Gasteiger partial charge in [0.05, 0.1) is 17.0 Å². The molecule has 0 amide bonds. The number of halogens is 4.